The summed E-state index contributed by atoms with van der Waals surface area (Å²) in [4.78, 5) is 25.0. The molecule has 0 radical (unpaired) electrons. The molecule has 0 atom stereocenters. The zero-order valence-corrected chi connectivity index (χ0v) is 18.1. The molecule has 0 bridgehead atoms. The van der Waals surface area contributed by atoms with Gasteiger partial charge in [0.25, 0.3) is 0 Å². The van der Waals surface area contributed by atoms with E-state index < -0.39 is 5.97 Å². The summed E-state index contributed by atoms with van der Waals surface area (Å²) in [7, 11) is 1.62. The van der Waals surface area contributed by atoms with Crippen LogP contribution in [0.5, 0.6) is 11.5 Å². The largest absolute Gasteiger partial charge is 0.497 e. The van der Waals surface area contributed by atoms with Gasteiger partial charge in [-0.25, -0.2) is 4.79 Å². The maximum Gasteiger partial charge on any atom is 0.343 e. The molecule has 4 aromatic rings. The number of carbonyl (C=O) groups is 2. The molecule has 5 nitrogen and oxygen atoms in total. The molecule has 0 N–H and O–H groups in total. The molecule has 0 spiro atoms. The van der Waals surface area contributed by atoms with E-state index in [1.54, 1.807) is 43.5 Å². The van der Waals surface area contributed by atoms with E-state index in [4.69, 9.17) is 21.1 Å². The fourth-order valence-electron chi connectivity index (χ4n) is 3.75. The lowest BCUT2D eigenvalue weighted by Gasteiger charge is -2.10. The average Bonchev–Trinajstić information content (AvgIpc) is 3.05. The number of esters is 1. The number of halogens is 1. The van der Waals surface area contributed by atoms with Crippen LogP contribution in [0.3, 0.4) is 0 Å². The Morgan fingerprint density at radius 1 is 0.935 bits per heavy atom. The van der Waals surface area contributed by atoms with Gasteiger partial charge in [0.05, 0.1) is 18.2 Å². The molecular formula is C25H20ClNO4. The molecular weight excluding hydrogens is 414 g/mol. The van der Waals surface area contributed by atoms with Gasteiger partial charge in [-0.15, -0.1) is 0 Å². The van der Waals surface area contributed by atoms with E-state index in [1.165, 1.54) is 6.92 Å². The van der Waals surface area contributed by atoms with Crippen molar-refractivity contribution in [3.8, 4) is 17.2 Å². The second-order valence-electron chi connectivity index (χ2n) is 7.13. The highest BCUT2D eigenvalue weighted by Gasteiger charge is 2.20. The Balaban J connectivity index is 1.79. The number of carbonyl (C=O) groups excluding carboxylic acids is 2. The van der Waals surface area contributed by atoms with E-state index in [0.29, 0.717) is 21.9 Å². The van der Waals surface area contributed by atoms with Crippen LogP contribution in [0, 0.1) is 6.92 Å². The first-order valence-corrected chi connectivity index (χ1v) is 10.0. The van der Waals surface area contributed by atoms with Crippen molar-refractivity contribution in [1.82, 2.24) is 4.57 Å². The normalized spacial score (nSPS) is 10.8. The SMILES string of the molecule is COc1ccc(-n2c(C)c(C(C)=O)c3cc(OC(=O)c4cccc(Cl)c4)ccc32)cc1. The number of hydrogen-bond donors (Lipinski definition) is 0. The monoisotopic (exact) mass is 433 g/mol. The van der Waals surface area contributed by atoms with Crippen molar-refractivity contribution in [2.75, 3.05) is 7.11 Å². The number of hydrogen-bond acceptors (Lipinski definition) is 4. The fraction of sp³-hybridized carbons (Fsp3) is 0.120. The lowest BCUT2D eigenvalue weighted by molar-refractivity contribution is 0.0735. The molecule has 0 unspecified atom stereocenters. The van der Waals surface area contributed by atoms with Crippen molar-refractivity contribution >= 4 is 34.3 Å². The number of rotatable bonds is 5. The maximum absolute atomic E-state index is 12.5. The van der Waals surface area contributed by atoms with Crippen molar-refractivity contribution < 1.29 is 19.1 Å². The Hall–Kier alpha value is -3.57. The molecule has 0 aliphatic carbocycles. The Labute approximate surface area is 184 Å². The van der Waals surface area contributed by atoms with Crippen molar-refractivity contribution in [2.45, 2.75) is 13.8 Å². The summed E-state index contributed by atoms with van der Waals surface area (Å²) in [5, 5.41) is 1.17. The third kappa shape index (κ3) is 3.92. The zero-order valence-electron chi connectivity index (χ0n) is 17.3. The minimum atomic E-state index is -0.516. The molecule has 0 fully saturated rings. The van der Waals surface area contributed by atoms with E-state index in [0.717, 1.165) is 28.0 Å². The van der Waals surface area contributed by atoms with Gasteiger partial charge in [0, 0.05) is 27.4 Å². The van der Waals surface area contributed by atoms with Gasteiger partial charge in [-0.2, -0.15) is 0 Å². The van der Waals surface area contributed by atoms with Crippen molar-refractivity contribution in [2.24, 2.45) is 0 Å². The average molecular weight is 434 g/mol. The number of ether oxygens (including phenoxy) is 2. The molecule has 156 valence electrons. The van der Waals surface area contributed by atoms with E-state index in [2.05, 4.69) is 0 Å². The van der Waals surface area contributed by atoms with Crippen LogP contribution in [-0.4, -0.2) is 23.4 Å². The molecule has 0 aliphatic heterocycles. The van der Waals surface area contributed by atoms with Crippen LogP contribution in [0.1, 0.15) is 33.3 Å². The topological polar surface area (TPSA) is 57.5 Å². The summed E-state index contributed by atoms with van der Waals surface area (Å²) in [6, 6.07) is 19.5. The highest BCUT2D eigenvalue weighted by atomic mass is 35.5. The summed E-state index contributed by atoms with van der Waals surface area (Å²) in [5.74, 6) is 0.525. The van der Waals surface area contributed by atoms with Gasteiger partial charge in [0.1, 0.15) is 11.5 Å². The van der Waals surface area contributed by atoms with Gasteiger partial charge in [-0.3, -0.25) is 4.79 Å². The second kappa shape index (κ2) is 8.28. The quantitative estimate of drug-likeness (QED) is 0.219. The Morgan fingerprint density at radius 2 is 1.65 bits per heavy atom. The summed E-state index contributed by atoms with van der Waals surface area (Å²) < 4.78 is 12.8. The van der Waals surface area contributed by atoms with Gasteiger partial charge in [0.15, 0.2) is 5.78 Å². The molecule has 3 aromatic carbocycles. The molecule has 1 heterocycles. The van der Waals surface area contributed by atoms with Crippen LogP contribution >= 0.6 is 11.6 Å². The molecule has 4 rings (SSSR count). The number of Topliss-reactive ketones (excluding diaryl/α,β-unsaturated/α-hetero) is 1. The smallest absolute Gasteiger partial charge is 0.343 e. The van der Waals surface area contributed by atoms with Crippen LogP contribution in [0.2, 0.25) is 5.02 Å². The molecule has 1 aromatic heterocycles. The van der Waals surface area contributed by atoms with E-state index in [1.807, 2.05) is 41.8 Å². The van der Waals surface area contributed by atoms with Gasteiger partial charge in [-0.1, -0.05) is 17.7 Å². The number of methoxy groups -OCH3 is 1. The lowest BCUT2D eigenvalue weighted by Crippen LogP contribution is -2.08. The van der Waals surface area contributed by atoms with Gasteiger partial charge < -0.3 is 14.0 Å². The third-order valence-corrected chi connectivity index (χ3v) is 5.36. The van der Waals surface area contributed by atoms with Crippen molar-refractivity contribution in [3.05, 3.63) is 88.6 Å². The number of ketones is 1. The van der Waals surface area contributed by atoms with Crippen LogP contribution in [0.4, 0.5) is 0 Å². The van der Waals surface area contributed by atoms with E-state index in [-0.39, 0.29) is 5.78 Å². The minimum absolute atomic E-state index is 0.0620. The van der Waals surface area contributed by atoms with Gasteiger partial charge in [-0.05, 0) is 74.5 Å². The van der Waals surface area contributed by atoms with Crippen LogP contribution in [-0.2, 0) is 0 Å². The summed E-state index contributed by atoms with van der Waals surface area (Å²) >= 11 is 5.97. The molecule has 0 aliphatic rings. The molecule has 0 amide bonds. The first kappa shape index (κ1) is 20.7. The molecule has 31 heavy (non-hydrogen) atoms. The number of aromatic nitrogens is 1. The fourth-order valence-corrected chi connectivity index (χ4v) is 3.94. The van der Waals surface area contributed by atoms with Crippen LogP contribution < -0.4 is 9.47 Å². The zero-order chi connectivity index (χ0) is 22.1. The molecule has 0 saturated carbocycles. The Morgan fingerprint density at radius 3 is 2.29 bits per heavy atom. The van der Waals surface area contributed by atoms with E-state index in [9.17, 15) is 9.59 Å². The second-order valence-corrected chi connectivity index (χ2v) is 7.57. The lowest BCUT2D eigenvalue weighted by atomic mass is 10.1. The summed E-state index contributed by atoms with van der Waals surface area (Å²) in [5.41, 5.74) is 3.50. The molecule has 6 heteroatoms. The van der Waals surface area contributed by atoms with Crippen molar-refractivity contribution in [3.63, 3.8) is 0 Å². The Bertz CT molecular complexity index is 1310. The maximum atomic E-state index is 12.5. The first-order valence-electron chi connectivity index (χ1n) is 9.67. The minimum Gasteiger partial charge on any atom is -0.497 e. The summed E-state index contributed by atoms with van der Waals surface area (Å²) in [6.07, 6.45) is 0. The van der Waals surface area contributed by atoms with Crippen LogP contribution in [0.15, 0.2) is 66.7 Å². The standard InChI is InChI=1S/C25H20ClNO4/c1-15-24(16(2)28)22-14-21(31-25(29)17-5-4-6-18(26)13-17)11-12-23(22)27(15)19-7-9-20(30-3)10-8-19/h4-14H,1-3H3. The predicted molar refractivity (Wildman–Crippen MR) is 121 cm³/mol. The van der Waals surface area contributed by atoms with Crippen LogP contribution in [0.25, 0.3) is 16.6 Å². The Kier molecular flexibility index (Phi) is 5.53. The predicted octanol–water partition coefficient (Wildman–Crippen LogP) is 6.02. The highest BCUT2D eigenvalue weighted by molar-refractivity contribution is 6.30. The summed E-state index contributed by atoms with van der Waals surface area (Å²) in [6.45, 7) is 3.43. The highest BCUT2D eigenvalue weighted by Crippen LogP contribution is 2.33. The van der Waals surface area contributed by atoms with Gasteiger partial charge >= 0.3 is 5.97 Å². The van der Waals surface area contributed by atoms with Gasteiger partial charge in [0.2, 0.25) is 0 Å². The number of nitrogens with zero attached hydrogens (tertiary/aromatic N) is 1. The number of fused-ring (bicyclic) bond motifs is 1. The third-order valence-electron chi connectivity index (χ3n) is 5.13. The van der Waals surface area contributed by atoms with Crippen molar-refractivity contribution in [1.29, 1.82) is 0 Å². The van der Waals surface area contributed by atoms with E-state index >= 15 is 0 Å². The molecule has 0 saturated heterocycles. The number of benzene rings is 3. The first-order chi connectivity index (χ1) is 14.9.